The summed E-state index contributed by atoms with van der Waals surface area (Å²) < 4.78 is 5.79. The van der Waals surface area contributed by atoms with E-state index in [0.717, 1.165) is 29.9 Å². The molecule has 1 amide bonds. The van der Waals surface area contributed by atoms with Crippen molar-refractivity contribution >= 4 is 11.6 Å². The van der Waals surface area contributed by atoms with Crippen molar-refractivity contribution in [2.45, 2.75) is 39.0 Å². The number of hydrogen-bond donors (Lipinski definition) is 2. The summed E-state index contributed by atoms with van der Waals surface area (Å²) in [6, 6.07) is 18.0. The number of benzene rings is 2. The Labute approximate surface area is 149 Å². The molecule has 132 valence electrons. The van der Waals surface area contributed by atoms with Gasteiger partial charge >= 0.3 is 0 Å². The minimum absolute atomic E-state index is 0.0553. The number of carbonyl (C=O) groups is 1. The van der Waals surface area contributed by atoms with Gasteiger partial charge in [-0.25, -0.2) is 0 Å². The van der Waals surface area contributed by atoms with E-state index in [1.54, 1.807) is 0 Å². The number of ether oxygens (including phenoxy) is 1. The lowest BCUT2D eigenvalue weighted by atomic mass is 10.0. The third kappa shape index (κ3) is 4.27. The number of anilines is 1. The number of morpholine rings is 1. The fourth-order valence-electron chi connectivity index (χ4n) is 3.56. The molecule has 0 saturated carbocycles. The first-order valence-electron chi connectivity index (χ1n) is 9.00. The molecule has 3 atom stereocenters. The zero-order valence-corrected chi connectivity index (χ0v) is 15.2. The minimum atomic E-state index is -0.113. The third-order valence-corrected chi connectivity index (χ3v) is 4.84. The van der Waals surface area contributed by atoms with Gasteiger partial charge in [0.05, 0.1) is 0 Å². The molecule has 1 heterocycles. The number of amides is 1. The number of quaternary nitrogens is 1. The fraction of sp³-hybridized carbons (Fsp3) is 0.381. The first-order chi connectivity index (χ1) is 12.0. The molecule has 0 aromatic heterocycles. The van der Waals surface area contributed by atoms with Crippen LogP contribution in [0.2, 0.25) is 0 Å². The van der Waals surface area contributed by atoms with Crippen molar-refractivity contribution in [3.8, 4) is 11.1 Å². The van der Waals surface area contributed by atoms with Crippen molar-refractivity contribution in [2.24, 2.45) is 0 Å². The van der Waals surface area contributed by atoms with E-state index in [4.69, 9.17) is 4.74 Å². The van der Waals surface area contributed by atoms with Gasteiger partial charge in [0.15, 0.2) is 6.04 Å². The highest BCUT2D eigenvalue weighted by atomic mass is 16.5. The molecular formula is C21H27N2O2+. The molecule has 0 aliphatic carbocycles. The quantitative estimate of drug-likeness (QED) is 0.898. The summed E-state index contributed by atoms with van der Waals surface area (Å²) in [7, 11) is 0. The van der Waals surface area contributed by atoms with Gasteiger partial charge in [-0.3, -0.25) is 4.79 Å². The molecule has 1 saturated heterocycles. The smallest absolute Gasteiger partial charge is 0.282 e. The first-order valence-corrected chi connectivity index (χ1v) is 9.00. The van der Waals surface area contributed by atoms with E-state index >= 15 is 0 Å². The minimum Gasteiger partial charge on any atom is -0.364 e. The van der Waals surface area contributed by atoms with Crippen LogP contribution in [-0.4, -0.2) is 37.2 Å². The van der Waals surface area contributed by atoms with Gasteiger partial charge in [0.2, 0.25) is 0 Å². The van der Waals surface area contributed by atoms with E-state index in [9.17, 15) is 4.79 Å². The third-order valence-electron chi connectivity index (χ3n) is 4.84. The predicted molar refractivity (Wildman–Crippen MR) is 101 cm³/mol. The van der Waals surface area contributed by atoms with Crippen LogP contribution in [0.4, 0.5) is 5.69 Å². The Morgan fingerprint density at radius 1 is 1.04 bits per heavy atom. The molecule has 0 unspecified atom stereocenters. The summed E-state index contributed by atoms with van der Waals surface area (Å²) >= 11 is 0. The number of carbonyl (C=O) groups excluding carboxylic acids is 1. The summed E-state index contributed by atoms with van der Waals surface area (Å²) in [6.07, 6.45) is 0.371. The van der Waals surface area contributed by atoms with Gasteiger partial charge in [0.25, 0.3) is 5.91 Å². The Morgan fingerprint density at radius 2 is 1.64 bits per heavy atom. The van der Waals surface area contributed by atoms with Crippen LogP contribution in [0.1, 0.15) is 20.8 Å². The molecule has 1 aliphatic rings. The van der Waals surface area contributed by atoms with Crippen molar-refractivity contribution in [1.82, 2.24) is 0 Å². The zero-order valence-electron chi connectivity index (χ0n) is 15.2. The van der Waals surface area contributed by atoms with Crippen LogP contribution < -0.4 is 10.2 Å². The number of nitrogens with one attached hydrogen (secondary N) is 2. The Morgan fingerprint density at radius 3 is 2.32 bits per heavy atom. The van der Waals surface area contributed by atoms with E-state index < -0.39 is 0 Å². The number of rotatable bonds is 4. The molecular weight excluding hydrogens is 312 g/mol. The zero-order chi connectivity index (χ0) is 17.8. The summed E-state index contributed by atoms with van der Waals surface area (Å²) in [5.41, 5.74) is 3.01. The van der Waals surface area contributed by atoms with Crippen molar-refractivity contribution in [2.75, 3.05) is 18.4 Å². The lowest BCUT2D eigenvalue weighted by Gasteiger charge is -2.35. The molecule has 2 aromatic rings. The molecule has 25 heavy (non-hydrogen) atoms. The molecule has 4 heteroatoms. The fourth-order valence-corrected chi connectivity index (χ4v) is 3.56. The molecule has 0 radical (unpaired) electrons. The van der Waals surface area contributed by atoms with Crippen LogP contribution in [0.15, 0.2) is 54.6 Å². The molecule has 2 N–H and O–H groups in total. The van der Waals surface area contributed by atoms with Crippen molar-refractivity contribution in [3.05, 3.63) is 54.6 Å². The first kappa shape index (κ1) is 17.6. The SMILES string of the molecule is C[C@H]1C[NH+]([C@@H](C)C(=O)Nc2ccccc2-c2ccccc2)C[C@H](C)O1. The Hall–Kier alpha value is -2.17. The highest BCUT2D eigenvalue weighted by molar-refractivity contribution is 5.97. The van der Waals surface area contributed by atoms with Gasteiger partial charge in [0.1, 0.15) is 25.3 Å². The largest absolute Gasteiger partial charge is 0.364 e. The van der Waals surface area contributed by atoms with E-state index in [1.165, 1.54) is 4.90 Å². The molecule has 0 spiro atoms. The van der Waals surface area contributed by atoms with Crippen molar-refractivity contribution in [3.63, 3.8) is 0 Å². The maximum absolute atomic E-state index is 12.8. The van der Waals surface area contributed by atoms with E-state index in [1.807, 2.05) is 49.4 Å². The average molecular weight is 339 g/mol. The number of hydrogen-bond acceptors (Lipinski definition) is 2. The summed E-state index contributed by atoms with van der Waals surface area (Å²) in [5.74, 6) is 0.0553. The standard InChI is InChI=1S/C21H26N2O2/c1-15-13-23(14-16(2)25-15)17(3)21(24)22-20-12-8-7-11-19(20)18-9-5-4-6-10-18/h4-12,15-17H,13-14H2,1-3H3,(H,22,24)/p+1/t15-,16-,17-/m0/s1. The van der Waals surface area contributed by atoms with E-state index in [-0.39, 0.29) is 24.2 Å². The van der Waals surface area contributed by atoms with E-state index in [2.05, 4.69) is 31.3 Å². The van der Waals surface area contributed by atoms with Gasteiger partial charge < -0.3 is 15.0 Å². The topological polar surface area (TPSA) is 42.8 Å². The van der Waals surface area contributed by atoms with Crippen LogP contribution in [0.3, 0.4) is 0 Å². The van der Waals surface area contributed by atoms with Gasteiger partial charge in [-0.2, -0.15) is 0 Å². The summed E-state index contributed by atoms with van der Waals surface area (Å²) in [6.45, 7) is 7.87. The average Bonchev–Trinajstić information content (AvgIpc) is 2.61. The second-order valence-corrected chi connectivity index (χ2v) is 6.95. The lowest BCUT2D eigenvalue weighted by Crippen LogP contribution is -3.19. The highest BCUT2D eigenvalue weighted by Gasteiger charge is 2.33. The number of para-hydroxylation sites is 1. The molecule has 3 rings (SSSR count). The van der Waals surface area contributed by atoms with Crippen LogP contribution in [-0.2, 0) is 9.53 Å². The lowest BCUT2D eigenvalue weighted by molar-refractivity contribution is -0.928. The van der Waals surface area contributed by atoms with E-state index in [0.29, 0.717) is 0 Å². The van der Waals surface area contributed by atoms with Gasteiger partial charge in [-0.15, -0.1) is 0 Å². The normalized spacial score (nSPS) is 24.5. The molecule has 1 aliphatic heterocycles. The van der Waals surface area contributed by atoms with Gasteiger partial charge in [-0.05, 0) is 32.4 Å². The maximum Gasteiger partial charge on any atom is 0.282 e. The van der Waals surface area contributed by atoms with Crippen LogP contribution in [0.25, 0.3) is 11.1 Å². The van der Waals surface area contributed by atoms with Crippen molar-refractivity contribution in [1.29, 1.82) is 0 Å². The van der Waals surface area contributed by atoms with Gasteiger partial charge in [-0.1, -0.05) is 48.5 Å². The maximum atomic E-state index is 12.8. The summed E-state index contributed by atoms with van der Waals surface area (Å²) in [5, 5.41) is 3.14. The van der Waals surface area contributed by atoms with Gasteiger partial charge in [0, 0.05) is 11.3 Å². The Balaban J connectivity index is 1.75. The Kier molecular flexibility index (Phi) is 5.51. The predicted octanol–water partition coefficient (Wildman–Crippen LogP) is 2.37. The molecule has 2 aromatic carbocycles. The van der Waals surface area contributed by atoms with Crippen LogP contribution in [0, 0.1) is 0 Å². The molecule has 1 fully saturated rings. The Bertz CT molecular complexity index is 707. The highest BCUT2D eigenvalue weighted by Crippen LogP contribution is 2.27. The second kappa shape index (κ2) is 7.81. The van der Waals surface area contributed by atoms with Crippen molar-refractivity contribution < 1.29 is 14.4 Å². The summed E-state index contributed by atoms with van der Waals surface area (Å²) in [4.78, 5) is 14.1. The van der Waals surface area contributed by atoms with Crippen LogP contribution >= 0.6 is 0 Å². The molecule has 4 nitrogen and oxygen atoms in total. The molecule has 0 bridgehead atoms. The van der Waals surface area contributed by atoms with Crippen LogP contribution in [0.5, 0.6) is 0 Å². The monoisotopic (exact) mass is 339 g/mol. The second-order valence-electron chi connectivity index (χ2n) is 6.95.